The summed E-state index contributed by atoms with van der Waals surface area (Å²) >= 11 is 0. The van der Waals surface area contributed by atoms with Gasteiger partial charge in [-0.1, -0.05) is 45.1 Å². The average Bonchev–Trinajstić information content (AvgIpc) is 3.57. The van der Waals surface area contributed by atoms with Gasteiger partial charge in [0.05, 0.1) is 12.7 Å². The van der Waals surface area contributed by atoms with Crippen molar-refractivity contribution in [3.63, 3.8) is 0 Å². The number of methoxy groups -OCH3 is 1. The van der Waals surface area contributed by atoms with E-state index in [9.17, 15) is 4.79 Å². The normalized spacial score (nSPS) is 14.4. The Morgan fingerprint density at radius 2 is 1.97 bits per heavy atom. The van der Waals surface area contributed by atoms with Crippen LogP contribution in [0.2, 0.25) is 0 Å². The molecule has 39 heavy (non-hydrogen) atoms. The van der Waals surface area contributed by atoms with Gasteiger partial charge in [0.25, 0.3) is 5.91 Å². The molecule has 1 aromatic carbocycles. The highest BCUT2D eigenvalue weighted by Crippen LogP contribution is 2.30. The van der Waals surface area contributed by atoms with Gasteiger partial charge in [-0.2, -0.15) is 0 Å². The molecule has 4 heterocycles. The number of rotatable bonds is 7. The molecule has 0 radical (unpaired) electrons. The third-order valence-corrected chi connectivity index (χ3v) is 6.63. The molecule has 0 saturated heterocycles. The third kappa shape index (κ3) is 6.63. The molecule has 2 aromatic heterocycles. The number of hydrogen-bond donors (Lipinski definition) is 1. The molecule has 3 aromatic rings. The number of hydrogen-bond acceptors (Lipinski definition) is 6. The van der Waals surface area contributed by atoms with Gasteiger partial charge in [-0.3, -0.25) is 4.79 Å². The van der Waals surface area contributed by atoms with E-state index in [0.29, 0.717) is 23.6 Å². The summed E-state index contributed by atoms with van der Waals surface area (Å²) in [6.45, 7) is 12.8. The minimum absolute atomic E-state index is 0.254. The molecule has 5 rings (SSSR count). The molecular weight excluding hydrogens is 488 g/mol. The van der Waals surface area contributed by atoms with Crippen molar-refractivity contribution < 1.29 is 9.53 Å². The number of pyridine rings is 1. The van der Waals surface area contributed by atoms with Crippen LogP contribution in [0.4, 0.5) is 5.82 Å². The zero-order valence-electron chi connectivity index (χ0n) is 23.4. The van der Waals surface area contributed by atoms with Gasteiger partial charge in [0.15, 0.2) is 5.82 Å². The molecule has 8 heteroatoms. The second-order valence-corrected chi connectivity index (χ2v) is 9.77. The van der Waals surface area contributed by atoms with Crippen molar-refractivity contribution >= 4 is 17.3 Å². The van der Waals surface area contributed by atoms with E-state index in [1.807, 2.05) is 49.4 Å². The van der Waals surface area contributed by atoms with Gasteiger partial charge in [0.1, 0.15) is 17.4 Å². The van der Waals surface area contributed by atoms with Crippen molar-refractivity contribution in [2.24, 2.45) is 0 Å². The number of nitrogens with zero attached hydrogens (tertiary/aromatic N) is 5. The Bertz CT molecular complexity index is 1370. The first-order chi connectivity index (χ1) is 18.9. The Kier molecular flexibility index (Phi) is 9.31. The number of carbonyl (C=O) groups excluding carboxylic acids is 1. The quantitative estimate of drug-likeness (QED) is 0.409. The van der Waals surface area contributed by atoms with Crippen molar-refractivity contribution in [2.45, 2.75) is 59.5 Å². The van der Waals surface area contributed by atoms with Crippen LogP contribution in [0, 0.1) is 0 Å². The van der Waals surface area contributed by atoms with E-state index >= 15 is 0 Å². The van der Waals surface area contributed by atoms with Crippen LogP contribution >= 0.6 is 0 Å². The van der Waals surface area contributed by atoms with Crippen molar-refractivity contribution in [2.75, 3.05) is 18.6 Å². The zero-order chi connectivity index (χ0) is 27.8. The molecule has 2 aliphatic heterocycles. The highest BCUT2D eigenvalue weighted by atomic mass is 16.5. The maximum atomic E-state index is 13.1. The van der Waals surface area contributed by atoms with Gasteiger partial charge < -0.3 is 19.5 Å². The van der Waals surface area contributed by atoms with Crippen LogP contribution in [0.15, 0.2) is 67.0 Å². The molecule has 0 spiro atoms. The molecule has 0 fully saturated rings. The third-order valence-electron chi connectivity index (χ3n) is 6.63. The van der Waals surface area contributed by atoms with E-state index in [0.717, 1.165) is 61.0 Å². The first-order valence-corrected chi connectivity index (χ1v) is 13.6. The highest BCUT2D eigenvalue weighted by molar-refractivity contribution is 5.98. The summed E-state index contributed by atoms with van der Waals surface area (Å²) in [5, 5.41) is 11.4. The fraction of sp³-hybridized carbons (Fsp3) is 0.355. The molecular formula is C31H38N6O2. The lowest BCUT2D eigenvalue weighted by molar-refractivity contribution is 0.0964. The van der Waals surface area contributed by atoms with Gasteiger partial charge >= 0.3 is 0 Å². The summed E-state index contributed by atoms with van der Waals surface area (Å²) in [6, 6.07) is 9.80. The van der Waals surface area contributed by atoms with Crippen LogP contribution in [0.5, 0.6) is 5.75 Å². The van der Waals surface area contributed by atoms with Gasteiger partial charge in [0.2, 0.25) is 0 Å². The maximum Gasteiger partial charge on any atom is 0.259 e. The Labute approximate surface area is 231 Å². The van der Waals surface area contributed by atoms with Crippen LogP contribution in [0.1, 0.15) is 66.7 Å². The van der Waals surface area contributed by atoms with Gasteiger partial charge in [0, 0.05) is 37.9 Å². The lowest BCUT2D eigenvalue weighted by Gasteiger charge is -2.30. The lowest BCUT2D eigenvalue weighted by Crippen LogP contribution is -2.31. The summed E-state index contributed by atoms with van der Waals surface area (Å²) in [5.41, 5.74) is 4.28. The van der Waals surface area contributed by atoms with Gasteiger partial charge in [-0.25, -0.2) is 4.98 Å². The first kappa shape index (κ1) is 27.8. The topological polar surface area (TPSA) is 85.2 Å². The molecule has 1 amide bonds. The number of carbonyl (C=O) groups is 1. The van der Waals surface area contributed by atoms with E-state index in [1.54, 1.807) is 19.4 Å². The van der Waals surface area contributed by atoms with Crippen LogP contribution in [0.3, 0.4) is 0 Å². The summed E-state index contributed by atoms with van der Waals surface area (Å²) < 4.78 is 7.72. The van der Waals surface area contributed by atoms with E-state index in [2.05, 4.69) is 50.4 Å². The van der Waals surface area contributed by atoms with Gasteiger partial charge in [-0.05, 0) is 66.8 Å². The van der Waals surface area contributed by atoms with Crippen LogP contribution in [-0.2, 0) is 25.9 Å². The summed E-state index contributed by atoms with van der Waals surface area (Å²) in [6.07, 6.45) is 11.6. The van der Waals surface area contributed by atoms with Gasteiger partial charge in [-0.15, -0.1) is 10.2 Å². The Balaban J connectivity index is 0.00000112. The Morgan fingerprint density at radius 1 is 1.15 bits per heavy atom. The van der Waals surface area contributed by atoms with Crippen LogP contribution < -0.4 is 15.0 Å². The number of allylic oxidation sites excluding steroid dienone is 4. The smallest absolute Gasteiger partial charge is 0.259 e. The standard InChI is InChI=1S/C28H30N6O2.C3H8/c1-19(27-32-31-26-11-7-14-34(26)27)8-6-9-20(2)30-28(35)23-16-22-18-33(25-10-4-5-13-29-25)15-12-21(22)17-24(23)36-3;1-3-2/h4-6,8-10,13,16-17H,2,7,11-12,14-15,18H2,1,3H3,(H,30,35);3H2,1-2H3/b9-6-,19-8+;. The van der Waals surface area contributed by atoms with Crippen molar-refractivity contribution in [3.05, 3.63) is 95.4 Å². The number of nitrogens with one attached hydrogen (secondary N) is 1. The minimum atomic E-state index is -0.254. The summed E-state index contributed by atoms with van der Waals surface area (Å²) in [5.74, 6) is 3.17. The van der Waals surface area contributed by atoms with Crippen molar-refractivity contribution in [1.29, 1.82) is 0 Å². The summed E-state index contributed by atoms with van der Waals surface area (Å²) in [4.78, 5) is 19.8. The predicted molar refractivity (Wildman–Crippen MR) is 156 cm³/mol. The Morgan fingerprint density at radius 3 is 2.72 bits per heavy atom. The largest absolute Gasteiger partial charge is 0.496 e. The molecule has 0 atom stereocenters. The van der Waals surface area contributed by atoms with E-state index in [1.165, 1.54) is 12.0 Å². The maximum absolute atomic E-state index is 13.1. The van der Waals surface area contributed by atoms with E-state index < -0.39 is 0 Å². The first-order valence-electron chi connectivity index (χ1n) is 13.6. The number of amides is 1. The molecule has 204 valence electrons. The fourth-order valence-corrected chi connectivity index (χ4v) is 4.75. The van der Waals surface area contributed by atoms with Crippen molar-refractivity contribution in [1.82, 2.24) is 25.1 Å². The fourth-order valence-electron chi connectivity index (χ4n) is 4.75. The number of aromatic nitrogens is 4. The predicted octanol–water partition coefficient (Wildman–Crippen LogP) is 5.51. The zero-order valence-corrected chi connectivity index (χ0v) is 23.4. The number of fused-ring (bicyclic) bond motifs is 2. The minimum Gasteiger partial charge on any atom is -0.496 e. The SMILES string of the molecule is C=C(/C=C\C=C(/C)c1nnc2n1CCC2)NC(=O)c1cc2c(cc1OC)CCN(c1ccccn1)C2.CCC. The Hall–Kier alpha value is -4.20. The molecule has 8 nitrogen and oxygen atoms in total. The molecule has 0 bridgehead atoms. The number of anilines is 1. The molecule has 0 unspecified atom stereocenters. The van der Waals surface area contributed by atoms with Crippen LogP contribution in [0.25, 0.3) is 5.57 Å². The number of aryl methyl sites for hydroxylation is 1. The monoisotopic (exact) mass is 526 g/mol. The highest BCUT2D eigenvalue weighted by Gasteiger charge is 2.22. The second-order valence-electron chi connectivity index (χ2n) is 9.77. The number of benzene rings is 1. The molecule has 0 aliphatic carbocycles. The van der Waals surface area contributed by atoms with E-state index in [4.69, 9.17) is 4.74 Å². The molecule has 2 aliphatic rings. The second kappa shape index (κ2) is 13.0. The molecule has 1 N–H and O–H groups in total. The van der Waals surface area contributed by atoms with E-state index in [-0.39, 0.29) is 5.91 Å². The van der Waals surface area contributed by atoms with Crippen molar-refractivity contribution in [3.8, 4) is 5.75 Å². The summed E-state index contributed by atoms with van der Waals surface area (Å²) in [7, 11) is 1.59. The average molecular weight is 527 g/mol. The lowest BCUT2D eigenvalue weighted by atomic mass is 9.96. The number of ether oxygens (including phenoxy) is 1. The van der Waals surface area contributed by atoms with Crippen LogP contribution in [-0.4, -0.2) is 39.3 Å². The molecule has 0 saturated carbocycles.